The predicted molar refractivity (Wildman–Crippen MR) is 88.5 cm³/mol. The Balaban J connectivity index is 2.15. The summed E-state index contributed by atoms with van der Waals surface area (Å²) in [7, 11) is 3.06. The molecule has 0 radical (unpaired) electrons. The summed E-state index contributed by atoms with van der Waals surface area (Å²) in [5.74, 6) is 0.842. The van der Waals surface area contributed by atoms with E-state index in [9.17, 15) is 4.79 Å². The quantitative estimate of drug-likeness (QED) is 0.456. The Morgan fingerprint density at radius 2 is 1.50 bits per heavy atom. The molecule has 0 aliphatic rings. The third kappa shape index (κ3) is 3.85. The Hall–Kier alpha value is -2.81. The van der Waals surface area contributed by atoms with Crippen LogP contribution >= 0.6 is 0 Å². The molecule has 0 N–H and O–H groups in total. The lowest BCUT2D eigenvalue weighted by Crippen LogP contribution is -2.02. The van der Waals surface area contributed by atoms with Crippen molar-refractivity contribution in [1.82, 2.24) is 0 Å². The van der Waals surface area contributed by atoms with Gasteiger partial charge >= 0.3 is 0 Å². The first-order valence-corrected chi connectivity index (χ1v) is 6.91. The molecule has 0 bridgehead atoms. The summed E-state index contributed by atoms with van der Waals surface area (Å²) in [5.41, 5.74) is 1.51. The first-order chi connectivity index (χ1) is 10.8. The van der Waals surface area contributed by atoms with E-state index >= 15 is 0 Å². The van der Waals surface area contributed by atoms with Crippen molar-refractivity contribution in [3.05, 3.63) is 77.9 Å². The zero-order chi connectivity index (χ0) is 15.8. The molecular weight excluding hydrogens is 276 g/mol. The van der Waals surface area contributed by atoms with Crippen molar-refractivity contribution in [2.24, 2.45) is 0 Å². The lowest BCUT2D eigenvalue weighted by Gasteiger charge is -2.10. The average molecular weight is 294 g/mol. The van der Waals surface area contributed by atoms with Crippen LogP contribution in [0.4, 0.5) is 0 Å². The van der Waals surface area contributed by atoms with Crippen molar-refractivity contribution >= 4 is 11.9 Å². The molecule has 3 nitrogen and oxygen atoms in total. The van der Waals surface area contributed by atoms with Gasteiger partial charge in [-0.15, -0.1) is 0 Å². The van der Waals surface area contributed by atoms with Crippen LogP contribution < -0.4 is 9.47 Å². The van der Waals surface area contributed by atoms with Crippen LogP contribution in [0.3, 0.4) is 0 Å². The van der Waals surface area contributed by atoms with Crippen molar-refractivity contribution in [2.75, 3.05) is 14.2 Å². The van der Waals surface area contributed by atoms with E-state index in [1.165, 1.54) is 20.3 Å². The summed E-state index contributed by atoms with van der Waals surface area (Å²) in [5, 5.41) is 0. The van der Waals surface area contributed by atoms with E-state index in [-0.39, 0.29) is 5.78 Å². The van der Waals surface area contributed by atoms with E-state index in [4.69, 9.17) is 9.47 Å². The number of ketones is 1. The molecule has 0 saturated carbocycles. The Labute approximate surface area is 130 Å². The van der Waals surface area contributed by atoms with E-state index in [1.54, 1.807) is 24.3 Å². The van der Waals surface area contributed by atoms with E-state index < -0.39 is 0 Å². The van der Waals surface area contributed by atoms with Crippen LogP contribution in [0.2, 0.25) is 0 Å². The van der Waals surface area contributed by atoms with Gasteiger partial charge in [-0.05, 0) is 23.8 Å². The third-order valence-corrected chi connectivity index (χ3v) is 3.12. The second-order valence-corrected chi connectivity index (χ2v) is 4.53. The summed E-state index contributed by atoms with van der Waals surface area (Å²) in [4.78, 5) is 12.3. The van der Waals surface area contributed by atoms with Gasteiger partial charge in [0, 0.05) is 0 Å². The van der Waals surface area contributed by atoms with Crippen LogP contribution in [0.1, 0.15) is 15.9 Å². The van der Waals surface area contributed by atoms with Gasteiger partial charge < -0.3 is 9.47 Å². The fourth-order valence-corrected chi connectivity index (χ4v) is 2.05. The van der Waals surface area contributed by atoms with Gasteiger partial charge in [0.05, 0.1) is 14.2 Å². The molecule has 2 rings (SSSR count). The number of carbonyl (C=O) groups is 1. The van der Waals surface area contributed by atoms with Gasteiger partial charge in [0.1, 0.15) is 17.1 Å². The van der Waals surface area contributed by atoms with Crippen molar-refractivity contribution < 1.29 is 14.3 Å². The summed E-state index contributed by atoms with van der Waals surface area (Å²) in [6.07, 6.45) is 6.97. The molecule has 0 amide bonds. The Kier molecular flexibility index (Phi) is 5.55. The molecule has 0 aliphatic carbocycles. The molecule has 112 valence electrons. The molecule has 0 unspecified atom stereocenters. The van der Waals surface area contributed by atoms with Gasteiger partial charge in [0.25, 0.3) is 0 Å². The number of hydrogen-bond donors (Lipinski definition) is 0. The standard InChI is InChI=1S/C19H18O3/c1-21-17-13-8-14-18(22-2)19(17)16(20)12-7-6-11-15-9-4-3-5-10-15/h3-14H,1-2H3/b11-6+,12-7+. The summed E-state index contributed by atoms with van der Waals surface area (Å²) in [6.45, 7) is 0. The third-order valence-electron chi connectivity index (χ3n) is 3.12. The number of ether oxygens (including phenoxy) is 2. The van der Waals surface area contributed by atoms with Crippen LogP contribution in [-0.2, 0) is 0 Å². The highest BCUT2D eigenvalue weighted by atomic mass is 16.5. The Morgan fingerprint density at radius 3 is 2.09 bits per heavy atom. The van der Waals surface area contributed by atoms with Crippen molar-refractivity contribution in [3.63, 3.8) is 0 Å². The maximum Gasteiger partial charge on any atom is 0.193 e. The second-order valence-electron chi connectivity index (χ2n) is 4.53. The molecule has 0 aromatic heterocycles. The minimum absolute atomic E-state index is 0.160. The highest BCUT2D eigenvalue weighted by Gasteiger charge is 2.15. The molecule has 0 aliphatic heterocycles. The van der Waals surface area contributed by atoms with Crippen molar-refractivity contribution in [3.8, 4) is 11.5 Å². The first kappa shape index (κ1) is 15.6. The maximum absolute atomic E-state index is 12.3. The van der Waals surface area contributed by atoms with Crippen molar-refractivity contribution in [2.45, 2.75) is 0 Å². The smallest absolute Gasteiger partial charge is 0.193 e. The number of allylic oxidation sites excluding steroid dienone is 3. The van der Waals surface area contributed by atoms with Gasteiger partial charge in [-0.3, -0.25) is 4.79 Å². The van der Waals surface area contributed by atoms with Crippen LogP contribution in [-0.4, -0.2) is 20.0 Å². The highest BCUT2D eigenvalue weighted by Crippen LogP contribution is 2.28. The van der Waals surface area contributed by atoms with Gasteiger partial charge in [-0.2, -0.15) is 0 Å². The minimum atomic E-state index is -0.160. The van der Waals surface area contributed by atoms with Gasteiger partial charge in [0.15, 0.2) is 5.78 Å². The highest BCUT2D eigenvalue weighted by molar-refractivity contribution is 6.08. The first-order valence-electron chi connectivity index (χ1n) is 6.91. The summed E-state index contributed by atoms with van der Waals surface area (Å²) >= 11 is 0. The molecule has 0 fully saturated rings. The van der Waals surface area contributed by atoms with E-state index in [2.05, 4.69) is 0 Å². The van der Waals surface area contributed by atoms with Crippen molar-refractivity contribution in [1.29, 1.82) is 0 Å². The zero-order valence-electron chi connectivity index (χ0n) is 12.7. The molecular formula is C19H18O3. The van der Waals surface area contributed by atoms with Crippen LogP contribution in [0.15, 0.2) is 66.8 Å². The molecule has 2 aromatic rings. The number of hydrogen-bond acceptors (Lipinski definition) is 3. The van der Waals surface area contributed by atoms with Crippen LogP contribution in [0.25, 0.3) is 6.08 Å². The number of benzene rings is 2. The Bertz CT molecular complexity index is 663. The molecule has 2 aromatic carbocycles. The van der Waals surface area contributed by atoms with Gasteiger partial charge in [0.2, 0.25) is 0 Å². The molecule has 0 spiro atoms. The molecule has 0 heterocycles. The minimum Gasteiger partial charge on any atom is -0.496 e. The molecule has 22 heavy (non-hydrogen) atoms. The number of carbonyl (C=O) groups excluding carboxylic acids is 1. The summed E-state index contributed by atoms with van der Waals surface area (Å²) < 4.78 is 10.5. The topological polar surface area (TPSA) is 35.5 Å². The molecule has 3 heteroatoms. The molecule has 0 saturated heterocycles. The monoisotopic (exact) mass is 294 g/mol. The SMILES string of the molecule is COc1cccc(OC)c1C(=O)/C=C/C=C/c1ccccc1. The fraction of sp³-hybridized carbons (Fsp3) is 0.105. The summed E-state index contributed by atoms with van der Waals surface area (Å²) in [6, 6.07) is 15.2. The van der Waals surface area contributed by atoms with E-state index in [1.807, 2.05) is 42.5 Å². The fourth-order valence-electron chi connectivity index (χ4n) is 2.05. The zero-order valence-corrected chi connectivity index (χ0v) is 12.7. The Morgan fingerprint density at radius 1 is 0.864 bits per heavy atom. The van der Waals surface area contributed by atoms with Crippen LogP contribution in [0.5, 0.6) is 11.5 Å². The largest absolute Gasteiger partial charge is 0.496 e. The van der Waals surface area contributed by atoms with Crippen LogP contribution in [0, 0.1) is 0 Å². The van der Waals surface area contributed by atoms with E-state index in [0.717, 1.165) is 5.56 Å². The second kappa shape index (κ2) is 7.84. The average Bonchev–Trinajstić information content (AvgIpc) is 2.58. The normalized spacial score (nSPS) is 11.0. The number of rotatable bonds is 6. The molecule has 0 atom stereocenters. The van der Waals surface area contributed by atoms with E-state index in [0.29, 0.717) is 17.1 Å². The number of methoxy groups -OCH3 is 2. The lowest BCUT2D eigenvalue weighted by atomic mass is 10.1. The maximum atomic E-state index is 12.3. The lowest BCUT2D eigenvalue weighted by molar-refractivity contribution is 0.104. The van der Waals surface area contributed by atoms with Gasteiger partial charge in [-0.25, -0.2) is 0 Å². The predicted octanol–water partition coefficient (Wildman–Crippen LogP) is 4.16. The van der Waals surface area contributed by atoms with Gasteiger partial charge in [-0.1, -0.05) is 54.6 Å².